The molecule has 26 heavy (non-hydrogen) atoms. The van der Waals surface area contributed by atoms with E-state index >= 15 is 0 Å². The molecule has 146 valence electrons. The molecule has 2 N–H and O–H groups in total. The van der Waals surface area contributed by atoms with Crippen LogP contribution in [0.25, 0.3) is 0 Å². The Balaban J connectivity index is 1.39. The minimum Gasteiger partial charge on any atom is -0.382 e. The molecule has 0 aromatic rings. The van der Waals surface area contributed by atoms with Crippen molar-refractivity contribution in [1.29, 1.82) is 0 Å². The molecule has 0 aliphatic carbocycles. The van der Waals surface area contributed by atoms with Gasteiger partial charge in [-0.05, 0) is 11.2 Å². The van der Waals surface area contributed by atoms with Gasteiger partial charge in [-0.25, -0.2) is 10.2 Å². The summed E-state index contributed by atoms with van der Waals surface area (Å²) in [6, 6.07) is 0. The fourth-order valence-corrected chi connectivity index (χ4v) is 4.84. The molecule has 11 heteroatoms. The van der Waals surface area contributed by atoms with Crippen molar-refractivity contribution in [1.82, 2.24) is 15.1 Å². The lowest BCUT2D eigenvalue weighted by Gasteiger charge is -2.19. The van der Waals surface area contributed by atoms with Crippen LogP contribution in [0.3, 0.4) is 0 Å². The summed E-state index contributed by atoms with van der Waals surface area (Å²) in [7, 11) is 1.58. The van der Waals surface area contributed by atoms with Crippen LogP contribution in [0, 0.1) is 11.8 Å². The topological polar surface area (TPSA) is 106 Å². The van der Waals surface area contributed by atoms with Gasteiger partial charge in [0.2, 0.25) is 11.8 Å². The van der Waals surface area contributed by atoms with E-state index < -0.39 is 18.6 Å². The van der Waals surface area contributed by atoms with E-state index in [2.05, 4.69) is 10.2 Å². The number of imide groups is 1. The number of ether oxygens (including phenoxy) is 3. The summed E-state index contributed by atoms with van der Waals surface area (Å²) in [6.07, 6.45) is 3.06. The first-order valence-corrected chi connectivity index (χ1v) is 11.1. The molecule has 2 fully saturated rings. The number of rotatable bonds is 11. The Kier molecular flexibility index (Phi) is 6.50. The van der Waals surface area contributed by atoms with Crippen molar-refractivity contribution in [3.8, 4) is 0 Å². The monoisotopic (exact) mass is 407 g/mol. The van der Waals surface area contributed by atoms with Crippen LogP contribution < -0.4 is 10.2 Å². The second kappa shape index (κ2) is 8.48. The molecule has 2 bridgehead atoms. The molecule has 2 amide bonds. The Morgan fingerprint density at radius 3 is 2.35 bits per heavy atom. The quantitative estimate of drug-likeness (QED) is 0.215. The molecule has 9 nitrogen and oxygen atoms in total. The van der Waals surface area contributed by atoms with Gasteiger partial charge < -0.3 is 14.2 Å². The number of nitrogens with zero attached hydrogens (tertiary/aromatic N) is 1. The van der Waals surface area contributed by atoms with Gasteiger partial charge in [-0.1, -0.05) is 12.2 Å². The molecule has 0 radical (unpaired) electrons. The van der Waals surface area contributed by atoms with Gasteiger partial charge in [0.1, 0.15) is 0 Å². The number of halogens is 1. The van der Waals surface area contributed by atoms with Crippen molar-refractivity contribution < 1.29 is 28.4 Å². The average Bonchev–Trinajstić information content (AvgIpc) is 3.27. The lowest BCUT2D eigenvalue weighted by Crippen LogP contribution is -2.39. The fourth-order valence-electron chi connectivity index (χ4n) is 3.45. The van der Waals surface area contributed by atoms with Crippen LogP contribution >= 0.6 is 18.0 Å². The maximum absolute atomic E-state index is 12.5. The van der Waals surface area contributed by atoms with Crippen LogP contribution in [-0.2, 0) is 28.4 Å². The zero-order chi connectivity index (χ0) is 18.7. The molecule has 3 aliphatic heterocycles. The van der Waals surface area contributed by atoms with Crippen LogP contribution in [0.2, 0.25) is 0 Å². The normalized spacial score (nSPS) is 31.7. The van der Waals surface area contributed by atoms with Crippen molar-refractivity contribution in [3.63, 3.8) is 0 Å². The smallest absolute Gasteiger partial charge is 0.299 e. The van der Waals surface area contributed by atoms with Gasteiger partial charge in [0, 0.05) is 26.7 Å². The molecule has 0 spiro atoms. The molecular formula is C15H23ClN3O6P. The van der Waals surface area contributed by atoms with Gasteiger partial charge in [-0.3, -0.25) is 19.1 Å². The van der Waals surface area contributed by atoms with Crippen LogP contribution in [0.15, 0.2) is 12.2 Å². The maximum atomic E-state index is 12.5. The van der Waals surface area contributed by atoms with E-state index in [4.69, 9.17) is 25.5 Å². The van der Waals surface area contributed by atoms with Crippen molar-refractivity contribution in [2.24, 2.45) is 11.8 Å². The van der Waals surface area contributed by atoms with Gasteiger partial charge in [-0.15, -0.1) is 0 Å². The van der Waals surface area contributed by atoms with E-state index in [0.29, 0.717) is 26.4 Å². The van der Waals surface area contributed by atoms with Gasteiger partial charge in [0.25, 0.3) is 6.80 Å². The third-order valence-electron chi connectivity index (χ3n) is 4.65. The van der Waals surface area contributed by atoms with E-state index in [-0.39, 0.29) is 37.1 Å². The number of likely N-dealkylation sites (tertiary alicyclic amines) is 1. The highest BCUT2D eigenvalue weighted by Gasteiger charge is 2.60. The first-order chi connectivity index (χ1) is 12.4. The van der Waals surface area contributed by atoms with Crippen molar-refractivity contribution in [2.75, 3.05) is 46.6 Å². The van der Waals surface area contributed by atoms with Gasteiger partial charge in [-0.2, -0.15) is 0 Å². The summed E-state index contributed by atoms with van der Waals surface area (Å²) in [4.78, 5) is 26.1. The fraction of sp³-hybridized carbons (Fsp3) is 0.733. The first kappa shape index (κ1) is 19.9. The lowest BCUT2D eigenvalue weighted by atomic mass is 9.85. The van der Waals surface area contributed by atoms with E-state index in [1.807, 2.05) is 12.2 Å². The summed E-state index contributed by atoms with van der Waals surface area (Å²) in [5.41, 5.74) is 0. The van der Waals surface area contributed by atoms with Crippen molar-refractivity contribution >= 4 is 29.9 Å². The van der Waals surface area contributed by atoms with E-state index in [1.165, 1.54) is 4.90 Å². The third kappa shape index (κ3) is 4.20. The second-order valence-electron chi connectivity index (χ2n) is 6.28. The van der Waals surface area contributed by atoms with Crippen LogP contribution in [-0.4, -0.2) is 75.5 Å². The molecule has 2 saturated heterocycles. The highest BCUT2D eigenvalue weighted by molar-refractivity contribution is 7.86. The predicted molar refractivity (Wildman–Crippen MR) is 93.7 cm³/mol. The predicted octanol–water partition coefficient (Wildman–Crippen LogP) is 0.114. The summed E-state index contributed by atoms with van der Waals surface area (Å²) >= 11 is 5.92. The van der Waals surface area contributed by atoms with Crippen LogP contribution in [0.1, 0.15) is 0 Å². The minimum atomic E-state index is -3.31. The molecule has 0 aromatic heterocycles. The number of hydrogen-bond acceptors (Lipinski definition) is 6. The number of fused-ring (bicyclic) bond motifs is 5. The molecular weight excluding hydrogens is 385 g/mol. The first-order valence-electron chi connectivity index (χ1n) is 8.50. The number of hydrogen-bond donors (Lipinski definition) is 2. The van der Waals surface area contributed by atoms with Crippen LogP contribution in [0.5, 0.6) is 0 Å². The second-order valence-corrected chi connectivity index (χ2v) is 9.41. The Hall–Kier alpha value is -0.800. The van der Waals surface area contributed by atoms with Gasteiger partial charge >= 0.3 is 0 Å². The largest absolute Gasteiger partial charge is 0.382 e. The summed E-state index contributed by atoms with van der Waals surface area (Å²) in [5.74, 6) is -1.32. The van der Waals surface area contributed by atoms with E-state index in [1.54, 1.807) is 7.11 Å². The molecule has 0 aromatic carbocycles. The Labute approximate surface area is 156 Å². The zero-order valence-electron chi connectivity index (χ0n) is 14.4. The summed E-state index contributed by atoms with van der Waals surface area (Å²) in [5, 5.41) is 5.34. The standard InChI is InChI=1S/C15H23ClN3O6P/c1-23-8-9-24-7-5-18-26(16,22)17-4-6-19-14(20)12-10-2-3-11(25-10)13(12)15(19)21/h2-3,10-13H,4-9H2,1H3,(H2,17,18,22). The highest BCUT2D eigenvalue weighted by atomic mass is 35.7. The summed E-state index contributed by atoms with van der Waals surface area (Å²) in [6.45, 7) is -1.48. The number of methoxy groups -OCH3 is 1. The molecule has 3 aliphatic rings. The minimum absolute atomic E-state index is 0.118. The third-order valence-corrected chi connectivity index (χ3v) is 6.62. The average molecular weight is 408 g/mol. The SMILES string of the molecule is COCCOCCNP(=O)(Cl)NCCN1C(=O)C2C3C=CC(O3)C2C1=O. The number of amides is 2. The Morgan fingerprint density at radius 1 is 1.12 bits per heavy atom. The number of carbonyl (C=O) groups is 2. The highest BCUT2D eigenvalue weighted by Crippen LogP contribution is 2.45. The molecule has 3 rings (SSSR count). The number of carbonyl (C=O) groups excluding carboxylic acids is 2. The number of nitrogens with one attached hydrogen (secondary N) is 2. The van der Waals surface area contributed by atoms with Gasteiger partial charge in [0.05, 0.1) is 43.9 Å². The maximum Gasteiger partial charge on any atom is 0.299 e. The Bertz CT molecular complexity index is 603. The van der Waals surface area contributed by atoms with Gasteiger partial charge in [0.15, 0.2) is 0 Å². The van der Waals surface area contributed by atoms with Crippen molar-refractivity contribution in [3.05, 3.63) is 12.2 Å². The molecule has 3 heterocycles. The molecule has 5 unspecified atom stereocenters. The van der Waals surface area contributed by atoms with Crippen LogP contribution in [0.4, 0.5) is 0 Å². The van der Waals surface area contributed by atoms with E-state index in [9.17, 15) is 14.2 Å². The summed E-state index contributed by atoms with van der Waals surface area (Å²) < 4.78 is 27.9. The van der Waals surface area contributed by atoms with E-state index in [0.717, 1.165) is 0 Å². The van der Waals surface area contributed by atoms with Crippen molar-refractivity contribution in [2.45, 2.75) is 12.2 Å². The molecule has 5 atom stereocenters. The lowest BCUT2D eigenvalue weighted by molar-refractivity contribution is -0.142. The zero-order valence-corrected chi connectivity index (χ0v) is 16.1. The molecule has 0 saturated carbocycles. The Morgan fingerprint density at radius 2 is 1.73 bits per heavy atom.